The highest BCUT2D eigenvalue weighted by Gasteiger charge is 2.11. The van der Waals surface area contributed by atoms with Gasteiger partial charge in [0, 0.05) is 12.1 Å². The molecule has 0 heterocycles. The molecule has 1 N–H and O–H groups in total. The highest BCUT2D eigenvalue weighted by atomic mass is 35.5. The second-order valence-corrected chi connectivity index (χ2v) is 6.25. The third-order valence-electron chi connectivity index (χ3n) is 2.88. The van der Waals surface area contributed by atoms with Gasteiger partial charge in [0.1, 0.15) is 5.82 Å². The van der Waals surface area contributed by atoms with Crippen molar-refractivity contribution in [3.8, 4) is 0 Å². The highest BCUT2D eigenvalue weighted by molar-refractivity contribution is 7.99. The van der Waals surface area contributed by atoms with E-state index in [0.29, 0.717) is 6.04 Å². The van der Waals surface area contributed by atoms with Crippen molar-refractivity contribution in [2.45, 2.75) is 39.3 Å². The second kappa shape index (κ2) is 8.03. The lowest BCUT2D eigenvalue weighted by Crippen LogP contribution is -2.29. The summed E-state index contributed by atoms with van der Waals surface area (Å²) in [7, 11) is 0. The van der Waals surface area contributed by atoms with Crippen molar-refractivity contribution in [2.75, 3.05) is 11.5 Å². The van der Waals surface area contributed by atoms with Gasteiger partial charge in [0.25, 0.3) is 0 Å². The second-order valence-electron chi connectivity index (χ2n) is 4.45. The van der Waals surface area contributed by atoms with Gasteiger partial charge in [-0.1, -0.05) is 24.6 Å². The van der Waals surface area contributed by atoms with Gasteiger partial charge in [-0.05, 0) is 49.5 Å². The fraction of sp³-hybridized carbons (Fsp3) is 0.571. The molecule has 0 amide bonds. The van der Waals surface area contributed by atoms with Crippen LogP contribution in [0.5, 0.6) is 0 Å². The molecular formula is C14H21ClFNS. The van der Waals surface area contributed by atoms with Crippen molar-refractivity contribution < 1.29 is 4.39 Å². The van der Waals surface area contributed by atoms with Crippen LogP contribution in [0.1, 0.15) is 38.8 Å². The van der Waals surface area contributed by atoms with Crippen LogP contribution in [-0.2, 0) is 0 Å². The van der Waals surface area contributed by atoms with Gasteiger partial charge in [-0.25, -0.2) is 4.39 Å². The Kier molecular flexibility index (Phi) is 7.05. The van der Waals surface area contributed by atoms with Crippen LogP contribution in [0, 0.1) is 5.82 Å². The van der Waals surface area contributed by atoms with Gasteiger partial charge in [0.2, 0.25) is 0 Å². The molecule has 2 atom stereocenters. The van der Waals surface area contributed by atoms with Gasteiger partial charge in [0.15, 0.2) is 0 Å². The average Bonchev–Trinajstić information content (AvgIpc) is 2.33. The summed E-state index contributed by atoms with van der Waals surface area (Å²) < 4.78 is 13.1. The van der Waals surface area contributed by atoms with Gasteiger partial charge < -0.3 is 5.32 Å². The Balaban J connectivity index is 2.48. The van der Waals surface area contributed by atoms with E-state index in [1.165, 1.54) is 11.8 Å². The summed E-state index contributed by atoms with van der Waals surface area (Å²) in [6.45, 7) is 6.43. The SMILES string of the molecule is CCSCCC(C)NC(C)c1ccc(F)c(Cl)c1. The van der Waals surface area contributed by atoms with E-state index < -0.39 is 0 Å². The molecule has 0 aliphatic rings. The third-order valence-corrected chi connectivity index (χ3v) is 4.10. The molecule has 0 saturated carbocycles. The number of halogens is 2. The molecule has 18 heavy (non-hydrogen) atoms. The fourth-order valence-corrected chi connectivity index (χ4v) is 2.79. The molecule has 0 saturated heterocycles. The summed E-state index contributed by atoms with van der Waals surface area (Å²) in [6.07, 6.45) is 1.14. The van der Waals surface area contributed by atoms with Crippen LogP contribution >= 0.6 is 23.4 Å². The molecular weight excluding hydrogens is 269 g/mol. The molecule has 1 nitrogen and oxygen atoms in total. The summed E-state index contributed by atoms with van der Waals surface area (Å²) in [5.74, 6) is 1.97. The Hall–Kier alpha value is -0.250. The van der Waals surface area contributed by atoms with Crippen LogP contribution in [0.25, 0.3) is 0 Å². The predicted molar refractivity (Wildman–Crippen MR) is 80.0 cm³/mol. The van der Waals surface area contributed by atoms with Crippen molar-refractivity contribution in [1.29, 1.82) is 0 Å². The Morgan fingerprint density at radius 3 is 2.72 bits per heavy atom. The van der Waals surface area contributed by atoms with E-state index in [4.69, 9.17) is 11.6 Å². The molecule has 0 aromatic heterocycles. The number of benzene rings is 1. The van der Waals surface area contributed by atoms with Gasteiger partial charge >= 0.3 is 0 Å². The fourth-order valence-electron chi connectivity index (χ4n) is 1.79. The highest BCUT2D eigenvalue weighted by Crippen LogP contribution is 2.21. The zero-order chi connectivity index (χ0) is 13.5. The minimum atomic E-state index is -0.361. The van der Waals surface area contributed by atoms with Crippen LogP contribution in [-0.4, -0.2) is 17.5 Å². The molecule has 2 unspecified atom stereocenters. The first-order valence-corrected chi connectivity index (χ1v) is 7.86. The third kappa shape index (κ3) is 5.17. The Morgan fingerprint density at radius 1 is 1.39 bits per heavy atom. The van der Waals surface area contributed by atoms with E-state index in [1.54, 1.807) is 12.1 Å². The predicted octanol–water partition coefficient (Wildman–Crippen LogP) is 4.66. The van der Waals surface area contributed by atoms with E-state index in [0.717, 1.165) is 17.7 Å². The van der Waals surface area contributed by atoms with Crippen LogP contribution in [0.3, 0.4) is 0 Å². The Bertz CT molecular complexity index is 373. The first-order chi connectivity index (χ1) is 8.54. The maximum absolute atomic E-state index is 13.1. The average molecular weight is 290 g/mol. The molecule has 4 heteroatoms. The minimum absolute atomic E-state index is 0.185. The molecule has 1 aromatic rings. The van der Waals surface area contributed by atoms with Crippen molar-refractivity contribution in [3.63, 3.8) is 0 Å². The van der Waals surface area contributed by atoms with Crippen LogP contribution in [0.15, 0.2) is 18.2 Å². The zero-order valence-electron chi connectivity index (χ0n) is 11.2. The Labute approximate surface area is 118 Å². The zero-order valence-corrected chi connectivity index (χ0v) is 12.7. The number of nitrogens with one attached hydrogen (secondary N) is 1. The first-order valence-electron chi connectivity index (χ1n) is 6.33. The number of rotatable bonds is 7. The summed E-state index contributed by atoms with van der Waals surface area (Å²) >= 11 is 7.74. The lowest BCUT2D eigenvalue weighted by Gasteiger charge is -2.20. The summed E-state index contributed by atoms with van der Waals surface area (Å²) in [6, 6.07) is 5.54. The maximum atomic E-state index is 13.1. The number of hydrogen-bond acceptors (Lipinski definition) is 2. The van der Waals surface area contributed by atoms with E-state index >= 15 is 0 Å². The van der Waals surface area contributed by atoms with Gasteiger partial charge in [0.05, 0.1) is 5.02 Å². The molecule has 0 aliphatic heterocycles. The molecule has 0 bridgehead atoms. The molecule has 0 spiro atoms. The topological polar surface area (TPSA) is 12.0 Å². The van der Waals surface area contributed by atoms with Crippen LogP contribution < -0.4 is 5.32 Å². The summed E-state index contributed by atoms with van der Waals surface area (Å²) in [4.78, 5) is 0. The normalized spacial score (nSPS) is 14.5. The molecule has 0 fully saturated rings. The van der Waals surface area contributed by atoms with E-state index in [2.05, 4.69) is 26.1 Å². The first kappa shape index (κ1) is 15.8. The molecule has 0 radical (unpaired) electrons. The van der Waals surface area contributed by atoms with Gasteiger partial charge in [-0.15, -0.1) is 0 Å². The van der Waals surface area contributed by atoms with Crippen molar-refractivity contribution in [2.24, 2.45) is 0 Å². The maximum Gasteiger partial charge on any atom is 0.141 e. The molecule has 0 aliphatic carbocycles. The largest absolute Gasteiger partial charge is 0.308 e. The number of thioether (sulfide) groups is 1. The molecule has 1 rings (SSSR count). The van der Waals surface area contributed by atoms with E-state index in [-0.39, 0.29) is 16.9 Å². The van der Waals surface area contributed by atoms with Crippen molar-refractivity contribution in [3.05, 3.63) is 34.6 Å². The smallest absolute Gasteiger partial charge is 0.141 e. The van der Waals surface area contributed by atoms with Gasteiger partial charge in [-0.3, -0.25) is 0 Å². The quantitative estimate of drug-likeness (QED) is 0.733. The molecule has 102 valence electrons. The summed E-state index contributed by atoms with van der Waals surface area (Å²) in [5.41, 5.74) is 1.02. The monoisotopic (exact) mass is 289 g/mol. The Morgan fingerprint density at radius 2 is 2.11 bits per heavy atom. The lowest BCUT2D eigenvalue weighted by molar-refractivity contribution is 0.471. The van der Waals surface area contributed by atoms with Gasteiger partial charge in [-0.2, -0.15) is 11.8 Å². The lowest BCUT2D eigenvalue weighted by atomic mass is 10.1. The van der Waals surface area contributed by atoms with E-state index in [9.17, 15) is 4.39 Å². The van der Waals surface area contributed by atoms with Crippen molar-refractivity contribution in [1.82, 2.24) is 5.32 Å². The van der Waals surface area contributed by atoms with Crippen LogP contribution in [0.2, 0.25) is 5.02 Å². The number of hydrogen-bond donors (Lipinski definition) is 1. The van der Waals surface area contributed by atoms with Crippen molar-refractivity contribution >= 4 is 23.4 Å². The van der Waals surface area contributed by atoms with Crippen LogP contribution in [0.4, 0.5) is 4.39 Å². The summed E-state index contributed by atoms with van der Waals surface area (Å²) in [5, 5.41) is 3.70. The molecule has 1 aromatic carbocycles. The minimum Gasteiger partial charge on any atom is -0.308 e. The van der Waals surface area contributed by atoms with E-state index in [1.807, 2.05) is 11.8 Å². The standard InChI is InChI=1S/C14H21ClFNS/c1-4-18-8-7-10(2)17-11(3)12-5-6-14(16)13(15)9-12/h5-6,9-11,17H,4,7-8H2,1-3H3.